The van der Waals surface area contributed by atoms with Gasteiger partial charge in [0.05, 0.1) is 22.6 Å². The zero-order chi connectivity index (χ0) is 16.0. The summed E-state index contributed by atoms with van der Waals surface area (Å²) in [6.07, 6.45) is 0.325. The second-order valence-corrected chi connectivity index (χ2v) is 5.54. The second kappa shape index (κ2) is 5.06. The number of nitro benzene ring substituents is 1. The van der Waals surface area contributed by atoms with E-state index in [2.05, 4.69) is 5.32 Å². The molecule has 2 aliphatic heterocycles. The van der Waals surface area contributed by atoms with E-state index in [9.17, 15) is 24.5 Å². The smallest absolute Gasteiger partial charge is 0.276 e. The second-order valence-electron chi connectivity index (χ2n) is 5.11. The molecule has 3 rings (SSSR count). The molecule has 0 aromatic heterocycles. The van der Waals surface area contributed by atoms with Crippen LogP contribution in [0.5, 0.6) is 0 Å². The van der Waals surface area contributed by atoms with Crippen LogP contribution in [0.3, 0.4) is 0 Å². The maximum Gasteiger partial charge on any atom is 0.276 e. The van der Waals surface area contributed by atoms with E-state index in [1.54, 1.807) is 0 Å². The summed E-state index contributed by atoms with van der Waals surface area (Å²) in [4.78, 5) is 47.2. The summed E-state index contributed by atoms with van der Waals surface area (Å²) in [6.45, 7) is -0.0477. The van der Waals surface area contributed by atoms with Crippen molar-refractivity contribution in [2.24, 2.45) is 0 Å². The lowest BCUT2D eigenvalue weighted by atomic mass is 10.0. The standard InChI is InChI=1S/C13H10ClN3O5/c14-6-3-7-8(10(4-6)17(21)22)5-16(13(7)20)9-1-2-11(18)15-12(9)19/h3-4,9H,1-2,5H2,(H,15,18,19). The van der Waals surface area contributed by atoms with Gasteiger partial charge in [-0.25, -0.2) is 0 Å². The Labute approximate surface area is 129 Å². The van der Waals surface area contributed by atoms with E-state index in [1.165, 1.54) is 17.0 Å². The van der Waals surface area contributed by atoms with Gasteiger partial charge in [0.25, 0.3) is 11.6 Å². The highest BCUT2D eigenvalue weighted by atomic mass is 35.5. The van der Waals surface area contributed by atoms with Gasteiger partial charge in [0.1, 0.15) is 6.04 Å². The van der Waals surface area contributed by atoms with Gasteiger partial charge >= 0.3 is 0 Å². The van der Waals surface area contributed by atoms with Gasteiger partial charge in [-0.3, -0.25) is 29.8 Å². The largest absolute Gasteiger partial charge is 0.322 e. The summed E-state index contributed by atoms with van der Waals surface area (Å²) in [5.41, 5.74) is 0.124. The molecule has 1 atom stereocenters. The van der Waals surface area contributed by atoms with E-state index in [-0.39, 0.29) is 47.1 Å². The summed E-state index contributed by atoms with van der Waals surface area (Å²) in [5.74, 6) is -1.44. The van der Waals surface area contributed by atoms with Crippen molar-refractivity contribution in [2.75, 3.05) is 0 Å². The fraction of sp³-hybridized carbons (Fsp3) is 0.308. The van der Waals surface area contributed by atoms with E-state index in [4.69, 9.17) is 11.6 Å². The highest BCUT2D eigenvalue weighted by molar-refractivity contribution is 6.31. The number of hydrogen-bond donors (Lipinski definition) is 1. The lowest BCUT2D eigenvalue weighted by molar-refractivity contribution is -0.385. The summed E-state index contributed by atoms with van der Waals surface area (Å²) >= 11 is 5.82. The Kier molecular flexibility index (Phi) is 3.32. The average molecular weight is 324 g/mol. The predicted molar refractivity (Wildman–Crippen MR) is 74.2 cm³/mol. The third kappa shape index (κ3) is 2.21. The molecule has 3 amide bonds. The first-order valence-corrected chi connectivity index (χ1v) is 6.87. The minimum absolute atomic E-state index is 0.0477. The molecule has 0 saturated carbocycles. The van der Waals surface area contributed by atoms with Gasteiger partial charge in [0, 0.05) is 17.5 Å². The molecule has 0 aliphatic carbocycles. The van der Waals surface area contributed by atoms with Crippen LogP contribution in [0.1, 0.15) is 28.8 Å². The lowest BCUT2D eigenvalue weighted by Gasteiger charge is -2.29. The van der Waals surface area contributed by atoms with E-state index in [1.807, 2.05) is 0 Å². The zero-order valence-corrected chi connectivity index (χ0v) is 11.9. The molecule has 0 radical (unpaired) electrons. The van der Waals surface area contributed by atoms with E-state index in [0.717, 1.165) is 0 Å². The Morgan fingerprint density at radius 2 is 2.05 bits per heavy atom. The first-order chi connectivity index (χ1) is 10.4. The Hall–Kier alpha value is -2.48. The van der Waals surface area contributed by atoms with Gasteiger partial charge in [-0.2, -0.15) is 0 Å². The van der Waals surface area contributed by atoms with Gasteiger partial charge in [0.15, 0.2) is 0 Å². The third-order valence-electron chi connectivity index (χ3n) is 3.79. The zero-order valence-electron chi connectivity index (χ0n) is 11.2. The molecule has 114 valence electrons. The number of imide groups is 1. The first kappa shape index (κ1) is 14.5. The monoisotopic (exact) mass is 323 g/mol. The van der Waals surface area contributed by atoms with Crippen molar-refractivity contribution in [1.82, 2.24) is 10.2 Å². The van der Waals surface area contributed by atoms with Crippen LogP contribution >= 0.6 is 11.6 Å². The SMILES string of the molecule is O=C1CCC(N2Cc3c(cc(Cl)cc3[N+](=O)[O-])C2=O)C(=O)N1. The minimum Gasteiger partial charge on any atom is -0.322 e. The number of carbonyl (C=O) groups is 3. The van der Waals surface area contributed by atoms with Crippen LogP contribution in [-0.2, 0) is 16.1 Å². The molecular weight excluding hydrogens is 314 g/mol. The molecule has 1 saturated heterocycles. The summed E-state index contributed by atoms with van der Waals surface area (Å²) < 4.78 is 0. The fourth-order valence-corrected chi connectivity index (χ4v) is 2.98. The average Bonchev–Trinajstić information content (AvgIpc) is 2.75. The molecule has 1 aromatic carbocycles. The number of halogens is 1. The highest BCUT2D eigenvalue weighted by Crippen LogP contribution is 2.35. The maximum absolute atomic E-state index is 12.4. The summed E-state index contributed by atoms with van der Waals surface area (Å²) in [7, 11) is 0. The number of hydrogen-bond acceptors (Lipinski definition) is 5. The van der Waals surface area contributed by atoms with Gasteiger partial charge in [-0.15, -0.1) is 0 Å². The van der Waals surface area contributed by atoms with Crippen molar-refractivity contribution in [3.63, 3.8) is 0 Å². The molecule has 0 bridgehead atoms. The van der Waals surface area contributed by atoms with Crippen LogP contribution < -0.4 is 5.32 Å². The van der Waals surface area contributed by atoms with Gasteiger partial charge in [0.2, 0.25) is 11.8 Å². The number of benzene rings is 1. The molecule has 0 spiro atoms. The molecular formula is C13H10ClN3O5. The Morgan fingerprint density at radius 1 is 1.32 bits per heavy atom. The van der Waals surface area contributed by atoms with E-state index < -0.39 is 22.8 Å². The molecule has 1 aromatic rings. The first-order valence-electron chi connectivity index (χ1n) is 6.50. The number of nitro groups is 1. The van der Waals surface area contributed by atoms with E-state index >= 15 is 0 Å². The van der Waals surface area contributed by atoms with Crippen LogP contribution in [0.25, 0.3) is 0 Å². The molecule has 9 heteroatoms. The lowest BCUT2D eigenvalue weighted by Crippen LogP contribution is -2.52. The minimum atomic E-state index is -0.809. The Balaban J connectivity index is 1.98. The van der Waals surface area contributed by atoms with Gasteiger partial charge in [-0.1, -0.05) is 11.6 Å². The van der Waals surface area contributed by atoms with Crippen molar-refractivity contribution < 1.29 is 19.3 Å². The molecule has 1 unspecified atom stereocenters. The number of nitrogens with one attached hydrogen (secondary N) is 1. The molecule has 22 heavy (non-hydrogen) atoms. The number of fused-ring (bicyclic) bond motifs is 1. The normalized spacial score (nSPS) is 20.9. The predicted octanol–water partition coefficient (Wildman–Crippen LogP) is 1.01. The van der Waals surface area contributed by atoms with Crippen LogP contribution in [0, 0.1) is 10.1 Å². The number of carbonyl (C=O) groups excluding carboxylic acids is 3. The summed E-state index contributed by atoms with van der Waals surface area (Å²) in [5, 5.41) is 13.4. The van der Waals surface area contributed by atoms with Crippen molar-refractivity contribution >= 4 is 35.0 Å². The summed E-state index contributed by atoms with van der Waals surface area (Å²) in [6, 6.07) is 1.73. The number of amides is 3. The van der Waals surface area contributed by atoms with Crippen LogP contribution in [0.4, 0.5) is 5.69 Å². The van der Waals surface area contributed by atoms with Gasteiger partial charge < -0.3 is 4.90 Å². The molecule has 2 heterocycles. The maximum atomic E-state index is 12.4. The van der Waals surface area contributed by atoms with Crippen molar-refractivity contribution in [2.45, 2.75) is 25.4 Å². The fourth-order valence-electron chi connectivity index (χ4n) is 2.77. The van der Waals surface area contributed by atoms with Crippen molar-refractivity contribution in [3.05, 3.63) is 38.4 Å². The highest BCUT2D eigenvalue weighted by Gasteiger charge is 2.41. The molecule has 8 nitrogen and oxygen atoms in total. The topological polar surface area (TPSA) is 110 Å². The third-order valence-corrected chi connectivity index (χ3v) is 4.01. The van der Waals surface area contributed by atoms with Crippen LogP contribution in [-0.4, -0.2) is 33.6 Å². The number of rotatable bonds is 2. The number of nitrogens with zero attached hydrogens (tertiary/aromatic N) is 2. The Morgan fingerprint density at radius 3 is 2.68 bits per heavy atom. The van der Waals surface area contributed by atoms with Crippen LogP contribution in [0.15, 0.2) is 12.1 Å². The molecule has 2 aliphatic rings. The quantitative estimate of drug-likeness (QED) is 0.496. The van der Waals surface area contributed by atoms with E-state index in [0.29, 0.717) is 0 Å². The van der Waals surface area contributed by atoms with Gasteiger partial charge in [-0.05, 0) is 12.5 Å². The molecule has 1 fully saturated rings. The van der Waals surface area contributed by atoms with Crippen LogP contribution in [0.2, 0.25) is 5.02 Å². The Bertz CT molecular complexity index is 733. The number of piperidine rings is 1. The van der Waals surface area contributed by atoms with Crippen molar-refractivity contribution in [1.29, 1.82) is 0 Å². The van der Waals surface area contributed by atoms with Crippen molar-refractivity contribution in [3.8, 4) is 0 Å². The molecule has 1 N–H and O–H groups in total.